The normalized spacial score (nSPS) is 26.9. The number of halogens is 3. The summed E-state index contributed by atoms with van der Waals surface area (Å²) in [7, 11) is 0. The number of Topliss-reactive ketones (excluding diaryl/α,β-unsaturated/α-hetero) is 1. The van der Waals surface area contributed by atoms with Crippen molar-refractivity contribution in [2.24, 2.45) is 0 Å². The number of carbonyl (C=O) groups excluding carboxylic acids is 1. The number of nitrogens with zero attached hydrogens (tertiary/aromatic N) is 1. The fourth-order valence-electron chi connectivity index (χ4n) is 2.83. The molecule has 0 saturated carbocycles. The maximum Gasteiger partial charge on any atom is 0.229 e. The van der Waals surface area contributed by atoms with Gasteiger partial charge in [0.1, 0.15) is 5.78 Å². The number of hydrogen-bond acceptors (Lipinski definition) is 3. The number of likely N-dealkylation sites (tertiary alicyclic amines) is 1. The molecule has 0 aromatic rings. The zero-order valence-corrected chi connectivity index (χ0v) is 12.7. The summed E-state index contributed by atoms with van der Waals surface area (Å²) in [5, 5.41) is 10.2. The first-order valence-electron chi connectivity index (χ1n) is 5.44. The molecule has 1 aliphatic rings. The van der Waals surface area contributed by atoms with Crippen LogP contribution in [-0.4, -0.2) is 36.9 Å². The molecule has 0 aromatic heterocycles. The zero-order chi connectivity index (χ0) is 13.6. The lowest BCUT2D eigenvalue weighted by molar-refractivity contribution is -0.155. The minimum Gasteiger partial charge on any atom is -0.374 e. The molecule has 0 aromatic carbocycles. The van der Waals surface area contributed by atoms with E-state index < -0.39 is 21.1 Å². The number of carbonyl (C=O) groups is 1. The molecule has 1 atom stereocenters. The van der Waals surface area contributed by atoms with Gasteiger partial charge in [-0.3, -0.25) is 9.69 Å². The predicted octanol–water partition coefficient (Wildman–Crippen LogP) is 2.90. The molecule has 0 unspecified atom stereocenters. The Hall–Kier alpha value is 0.460. The first-order chi connectivity index (χ1) is 7.38. The first kappa shape index (κ1) is 15.5. The molecular formula is C11H18Cl3NO2. The Kier molecular flexibility index (Phi) is 4.14. The lowest BCUT2D eigenvalue weighted by Crippen LogP contribution is -2.67. The van der Waals surface area contributed by atoms with Gasteiger partial charge in [-0.05, 0) is 27.7 Å². The van der Waals surface area contributed by atoms with E-state index in [1.807, 2.05) is 27.7 Å². The van der Waals surface area contributed by atoms with Gasteiger partial charge < -0.3 is 5.11 Å². The third kappa shape index (κ3) is 3.27. The Morgan fingerprint density at radius 3 is 1.82 bits per heavy atom. The molecule has 0 amide bonds. The van der Waals surface area contributed by atoms with Crippen molar-refractivity contribution in [2.75, 3.05) is 0 Å². The van der Waals surface area contributed by atoms with Crippen LogP contribution in [0.4, 0.5) is 0 Å². The summed E-state index contributed by atoms with van der Waals surface area (Å²) in [4.78, 5) is 13.4. The van der Waals surface area contributed by atoms with Crippen LogP contribution in [0.5, 0.6) is 0 Å². The zero-order valence-electron chi connectivity index (χ0n) is 10.4. The lowest BCUT2D eigenvalue weighted by atomic mass is 9.79. The number of aliphatic hydroxyl groups is 1. The monoisotopic (exact) mass is 301 g/mol. The largest absolute Gasteiger partial charge is 0.374 e. The van der Waals surface area contributed by atoms with E-state index in [4.69, 9.17) is 34.8 Å². The Balaban J connectivity index is 3.13. The molecule has 1 aliphatic heterocycles. The maximum atomic E-state index is 11.7. The van der Waals surface area contributed by atoms with Crippen LogP contribution < -0.4 is 0 Å². The number of hydrogen-bond donors (Lipinski definition) is 1. The SMILES string of the molecule is CC1(C)CC(=O)CC(C)(C)N1[C@@H](O)C(Cl)(Cl)Cl. The third-order valence-electron chi connectivity index (χ3n) is 3.10. The summed E-state index contributed by atoms with van der Waals surface area (Å²) >= 11 is 17.3. The van der Waals surface area contributed by atoms with E-state index in [9.17, 15) is 9.90 Å². The molecule has 6 heteroatoms. The van der Waals surface area contributed by atoms with Crippen molar-refractivity contribution in [3.8, 4) is 0 Å². The third-order valence-corrected chi connectivity index (χ3v) is 3.69. The fourth-order valence-corrected chi connectivity index (χ4v) is 3.12. The van der Waals surface area contributed by atoms with Gasteiger partial charge in [0, 0.05) is 23.9 Å². The first-order valence-corrected chi connectivity index (χ1v) is 6.57. The van der Waals surface area contributed by atoms with E-state index >= 15 is 0 Å². The number of ketones is 1. The van der Waals surface area contributed by atoms with Crippen molar-refractivity contribution in [1.29, 1.82) is 0 Å². The van der Waals surface area contributed by atoms with E-state index in [0.717, 1.165) is 0 Å². The minimum atomic E-state index is -1.80. The topological polar surface area (TPSA) is 40.5 Å². The Bertz CT molecular complexity index is 303. The Morgan fingerprint density at radius 2 is 1.53 bits per heavy atom. The highest BCUT2D eigenvalue weighted by atomic mass is 35.6. The van der Waals surface area contributed by atoms with Crippen molar-refractivity contribution in [1.82, 2.24) is 4.90 Å². The van der Waals surface area contributed by atoms with Gasteiger partial charge in [0.2, 0.25) is 3.79 Å². The van der Waals surface area contributed by atoms with E-state index in [2.05, 4.69) is 0 Å². The summed E-state index contributed by atoms with van der Waals surface area (Å²) in [5.41, 5.74) is -1.08. The predicted molar refractivity (Wildman–Crippen MR) is 70.5 cm³/mol. The van der Waals surface area contributed by atoms with Crippen LogP contribution in [-0.2, 0) is 4.79 Å². The highest BCUT2D eigenvalue weighted by Crippen LogP contribution is 2.43. The Morgan fingerprint density at radius 1 is 1.18 bits per heavy atom. The second-order valence-electron chi connectivity index (χ2n) is 5.80. The van der Waals surface area contributed by atoms with Crippen LogP contribution in [0.1, 0.15) is 40.5 Å². The summed E-state index contributed by atoms with van der Waals surface area (Å²) in [6.45, 7) is 7.47. The van der Waals surface area contributed by atoms with Crippen LogP contribution in [0.25, 0.3) is 0 Å². The average Bonchev–Trinajstić information content (AvgIpc) is 1.94. The molecule has 0 spiro atoms. The molecule has 3 nitrogen and oxygen atoms in total. The molecular weight excluding hydrogens is 284 g/mol. The standard InChI is InChI=1S/C11H18Cl3NO2/c1-9(2)5-7(16)6-10(3,4)15(9)8(17)11(12,13)14/h8,17H,5-6H2,1-4H3/t8-/m0/s1. The molecule has 1 fully saturated rings. The highest BCUT2D eigenvalue weighted by Gasteiger charge is 2.52. The number of rotatable bonds is 1. The quantitative estimate of drug-likeness (QED) is 0.757. The fraction of sp³-hybridized carbons (Fsp3) is 0.909. The maximum absolute atomic E-state index is 11.7. The molecule has 0 radical (unpaired) electrons. The summed E-state index contributed by atoms with van der Waals surface area (Å²) in [6, 6.07) is 0. The average molecular weight is 303 g/mol. The second kappa shape index (κ2) is 4.53. The van der Waals surface area contributed by atoms with Gasteiger partial charge in [-0.15, -0.1) is 0 Å². The van der Waals surface area contributed by atoms with E-state index in [-0.39, 0.29) is 5.78 Å². The van der Waals surface area contributed by atoms with Gasteiger partial charge in [0.15, 0.2) is 6.23 Å². The summed E-state index contributed by atoms with van der Waals surface area (Å²) in [6.07, 6.45) is -0.562. The van der Waals surface area contributed by atoms with Crippen LogP contribution in [0.2, 0.25) is 0 Å². The molecule has 1 heterocycles. The van der Waals surface area contributed by atoms with Gasteiger partial charge >= 0.3 is 0 Å². The smallest absolute Gasteiger partial charge is 0.229 e. The van der Waals surface area contributed by atoms with Crippen LogP contribution >= 0.6 is 34.8 Å². The van der Waals surface area contributed by atoms with Crippen molar-refractivity contribution in [2.45, 2.75) is 61.6 Å². The molecule has 0 bridgehead atoms. The van der Waals surface area contributed by atoms with Crippen molar-refractivity contribution in [3.05, 3.63) is 0 Å². The molecule has 100 valence electrons. The van der Waals surface area contributed by atoms with Crippen LogP contribution in [0.15, 0.2) is 0 Å². The number of aliphatic hydroxyl groups excluding tert-OH is 1. The summed E-state index contributed by atoms with van der Waals surface area (Å²) in [5.74, 6) is 0.160. The lowest BCUT2D eigenvalue weighted by Gasteiger charge is -2.55. The van der Waals surface area contributed by atoms with Gasteiger partial charge in [-0.25, -0.2) is 0 Å². The molecule has 1 rings (SSSR count). The van der Waals surface area contributed by atoms with Crippen molar-refractivity contribution >= 4 is 40.6 Å². The van der Waals surface area contributed by atoms with Gasteiger partial charge in [0.05, 0.1) is 0 Å². The van der Waals surface area contributed by atoms with E-state index in [1.165, 1.54) is 0 Å². The van der Waals surface area contributed by atoms with Crippen LogP contribution in [0.3, 0.4) is 0 Å². The van der Waals surface area contributed by atoms with Crippen molar-refractivity contribution < 1.29 is 9.90 Å². The highest BCUT2D eigenvalue weighted by molar-refractivity contribution is 6.68. The Labute approximate surface area is 117 Å². The number of alkyl halides is 3. The van der Waals surface area contributed by atoms with Crippen LogP contribution in [0, 0.1) is 0 Å². The van der Waals surface area contributed by atoms with Crippen molar-refractivity contribution in [3.63, 3.8) is 0 Å². The van der Waals surface area contributed by atoms with E-state index in [0.29, 0.717) is 12.8 Å². The molecule has 1 saturated heterocycles. The van der Waals surface area contributed by atoms with Gasteiger partial charge in [0.25, 0.3) is 0 Å². The second-order valence-corrected chi connectivity index (χ2v) is 8.17. The van der Waals surface area contributed by atoms with Gasteiger partial charge in [-0.1, -0.05) is 34.8 Å². The molecule has 0 aliphatic carbocycles. The minimum absolute atomic E-state index is 0.160. The van der Waals surface area contributed by atoms with E-state index in [1.54, 1.807) is 4.90 Å². The van der Waals surface area contributed by atoms with Gasteiger partial charge in [-0.2, -0.15) is 0 Å². The molecule has 1 N–H and O–H groups in total. The molecule has 17 heavy (non-hydrogen) atoms. The number of piperidine rings is 1. The summed E-state index contributed by atoms with van der Waals surface area (Å²) < 4.78 is -1.80.